The van der Waals surface area contributed by atoms with E-state index in [1.807, 2.05) is 19.1 Å². The zero-order valence-corrected chi connectivity index (χ0v) is 19.3. The highest BCUT2D eigenvalue weighted by molar-refractivity contribution is 6.03. The van der Waals surface area contributed by atoms with Gasteiger partial charge in [0, 0.05) is 11.7 Å². The Morgan fingerprint density at radius 2 is 1.79 bits per heavy atom. The summed E-state index contributed by atoms with van der Waals surface area (Å²) in [7, 11) is 2.88. The molecule has 2 aliphatic rings. The van der Waals surface area contributed by atoms with Gasteiger partial charge in [-0.15, -0.1) is 0 Å². The van der Waals surface area contributed by atoms with Gasteiger partial charge in [0.15, 0.2) is 0 Å². The SMILES string of the molecule is COC(=O)c1ccc(NC(=O)C2CC3CCCCC3N2C(=O)c2ccccc2OC)c(C)c1. The van der Waals surface area contributed by atoms with Crippen molar-refractivity contribution in [1.29, 1.82) is 0 Å². The van der Waals surface area contributed by atoms with E-state index in [0.29, 0.717) is 34.9 Å². The number of ether oxygens (including phenoxy) is 2. The molecule has 0 bridgehead atoms. The number of carbonyl (C=O) groups excluding carboxylic acids is 3. The number of methoxy groups -OCH3 is 2. The van der Waals surface area contributed by atoms with Crippen molar-refractivity contribution < 1.29 is 23.9 Å². The maximum absolute atomic E-state index is 13.7. The average molecular weight is 451 g/mol. The van der Waals surface area contributed by atoms with E-state index in [0.717, 1.165) is 31.2 Å². The van der Waals surface area contributed by atoms with Crippen molar-refractivity contribution in [2.24, 2.45) is 5.92 Å². The van der Waals surface area contributed by atoms with Crippen LogP contribution in [0.2, 0.25) is 0 Å². The first kappa shape index (κ1) is 22.8. The van der Waals surface area contributed by atoms with Crippen LogP contribution in [0.5, 0.6) is 5.75 Å². The van der Waals surface area contributed by atoms with Crippen LogP contribution in [0.3, 0.4) is 0 Å². The van der Waals surface area contributed by atoms with Crippen molar-refractivity contribution in [3.63, 3.8) is 0 Å². The second kappa shape index (κ2) is 9.65. The highest BCUT2D eigenvalue weighted by atomic mass is 16.5. The third kappa shape index (κ3) is 4.45. The first-order valence-corrected chi connectivity index (χ1v) is 11.4. The number of rotatable bonds is 5. The van der Waals surface area contributed by atoms with E-state index in [4.69, 9.17) is 9.47 Å². The number of hydrogen-bond donors (Lipinski definition) is 1. The van der Waals surface area contributed by atoms with Crippen molar-refractivity contribution in [3.05, 3.63) is 59.2 Å². The van der Waals surface area contributed by atoms with Crippen LogP contribution in [0, 0.1) is 12.8 Å². The van der Waals surface area contributed by atoms with E-state index >= 15 is 0 Å². The maximum Gasteiger partial charge on any atom is 0.337 e. The Labute approximate surface area is 194 Å². The molecule has 2 amide bonds. The quantitative estimate of drug-likeness (QED) is 0.690. The van der Waals surface area contributed by atoms with Gasteiger partial charge < -0.3 is 19.7 Å². The number of likely N-dealkylation sites (tertiary alicyclic amines) is 1. The largest absolute Gasteiger partial charge is 0.496 e. The molecule has 7 heteroatoms. The molecule has 0 spiro atoms. The molecule has 0 radical (unpaired) electrons. The van der Waals surface area contributed by atoms with E-state index in [9.17, 15) is 14.4 Å². The summed E-state index contributed by atoms with van der Waals surface area (Å²) < 4.78 is 10.2. The van der Waals surface area contributed by atoms with Crippen molar-refractivity contribution in [2.45, 2.75) is 51.1 Å². The first-order valence-electron chi connectivity index (χ1n) is 11.4. The number of anilines is 1. The van der Waals surface area contributed by atoms with E-state index in [1.54, 1.807) is 42.3 Å². The zero-order valence-electron chi connectivity index (χ0n) is 19.3. The van der Waals surface area contributed by atoms with Crippen LogP contribution in [0.25, 0.3) is 0 Å². The molecule has 7 nitrogen and oxygen atoms in total. The molecule has 1 aliphatic heterocycles. The molecular weight excluding hydrogens is 420 g/mol. The number of nitrogens with one attached hydrogen (secondary N) is 1. The standard InChI is InChI=1S/C26H30N2O5/c1-16-14-18(26(31)33-3)12-13-20(16)27-24(29)22-15-17-8-4-6-10-21(17)28(22)25(30)19-9-5-7-11-23(19)32-2/h5,7,9,11-14,17,21-22H,4,6,8,10,15H2,1-3H3,(H,27,29). The van der Waals surface area contributed by atoms with Gasteiger partial charge in [-0.3, -0.25) is 9.59 Å². The van der Waals surface area contributed by atoms with Crippen molar-refractivity contribution in [2.75, 3.05) is 19.5 Å². The van der Waals surface area contributed by atoms with Gasteiger partial charge in [-0.25, -0.2) is 4.79 Å². The van der Waals surface area contributed by atoms with Crippen LogP contribution in [-0.4, -0.2) is 49.0 Å². The lowest BCUT2D eigenvalue weighted by Gasteiger charge is -2.34. The molecule has 2 fully saturated rings. The number of nitrogens with zero attached hydrogens (tertiary/aromatic N) is 1. The minimum Gasteiger partial charge on any atom is -0.496 e. The topological polar surface area (TPSA) is 84.9 Å². The number of carbonyl (C=O) groups is 3. The third-order valence-corrected chi connectivity index (χ3v) is 6.87. The summed E-state index contributed by atoms with van der Waals surface area (Å²) >= 11 is 0. The molecule has 4 rings (SSSR count). The molecule has 3 unspecified atom stereocenters. The van der Waals surface area contributed by atoms with Gasteiger partial charge in [0.2, 0.25) is 5.91 Å². The fourth-order valence-electron chi connectivity index (χ4n) is 5.21. The molecule has 2 aromatic carbocycles. The van der Waals surface area contributed by atoms with Gasteiger partial charge in [0.05, 0.1) is 25.3 Å². The van der Waals surface area contributed by atoms with Crippen molar-refractivity contribution in [1.82, 2.24) is 4.90 Å². The monoisotopic (exact) mass is 450 g/mol. The summed E-state index contributed by atoms with van der Waals surface area (Å²) in [6.07, 6.45) is 4.76. The molecule has 33 heavy (non-hydrogen) atoms. The fraction of sp³-hybridized carbons (Fsp3) is 0.423. The second-order valence-corrected chi connectivity index (χ2v) is 8.79. The van der Waals surface area contributed by atoms with Gasteiger partial charge >= 0.3 is 5.97 Å². The maximum atomic E-state index is 13.7. The number of hydrogen-bond acceptors (Lipinski definition) is 5. The number of aryl methyl sites for hydroxylation is 1. The molecule has 1 N–H and O–H groups in total. The Morgan fingerprint density at radius 3 is 2.52 bits per heavy atom. The Hall–Kier alpha value is -3.35. The lowest BCUT2D eigenvalue weighted by Crippen LogP contribution is -2.48. The van der Waals surface area contributed by atoms with E-state index < -0.39 is 12.0 Å². The van der Waals surface area contributed by atoms with Crippen LogP contribution < -0.4 is 10.1 Å². The Morgan fingerprint density at radius 1 is 1.03 bits per heavy atom. The number of esters is 1. The number of para-hydroxylation sites is 1. The predicted octanol–water partition coefficient (Wildman–Crippen LogP) is 4.20. The summed E-state index contributed by atoms with van der Waals surface area (Å²) in [6, 6.07) is 11.7. The van der Waals surface area contributed by atoms with E-state index in [1.165, 1.54) is 7.11 Å². The van der Waals surface area contributed by atoms with Crippen LogP contribution in [0.1, 0.15) is 58.4 Å². The molecule has 1 saturated heterocycles. The van der Waals surface area contributed by atoms with Gasteiger partial charge in [-0.2, -0.15) is 0 Å². The normalized spacial score (nSPS) is 21.8. The Bertz CT molecular complexity index is 1070. The molecule has 2 aromatic rings. The summed E-state index contributed by atoms with van der Waals surface area (Å²) in [6.45, 7) is 1.83. The number of fused-ring (bicyclic) bond motifs is 1. The first-order chi connectivity index (χ1) is 15.9. The highest BCUT2D eigenvalue weighted by Crippen LogP contribution is 2.41. The molecule has 174 valence electrons. The summed E-state index contributed by atoms with van der Waals surface area (Å²) in [5.74, 6) is 0.0249. The fourth-order valence-corrected chi connectivity index (χ4v) is 5.21. The highest BCUT2D eigenvalue weighted by Gasteiger charge is 2.48. The minimum absolute atomic E-state index is 0.0507. The Balaban J connectivity index is 1.61. The van der Waals surface area contributed by atoms with Crippen LogP contribution in [0.4, 0.5) is 5.69 Å². The third-order valence-electron chi connectivity index (χ3n) is 6.87. The number of benzene rings is 2. The summed E-state index contributed by atoms with van der Waals surface area (Å²) in [5, 5.41) is 2.99. The molecule has 0 aromatic heterocycles. The smallest absolute Gasteiger partial charge is 0.337 e. The predicted molar refractivity (Wildman–Crippen MR) is 124 cm³/mol. The molecule has 3 atom stereocenters. The Kier molecular flexibility index (Phi) is 6.67. The second-order valence-electron chi connectivity index (χ2n) is 8.79. The minimum atomic E-state index is -0.560. The van der Waals surface area contributed by atoms with Crippen LogP contribution in [-0.2, 0) is 9.53 Å². The van der Waals surface area contributed by atoms with Gasteiger partial charge in [0.1, 0.15) is 11.8 Å². The van der Waals surface area contributed by atoms with Gasteiger partial charge in [-0.05, 0) is 68.0 Å². The molecule has 1 saturated carbocycles. The van der Waals surface area contributed by atoms with Crippen molar-refractivity contribution >= 4 is 23.5 Å². The summed E-state index contributed by atoms with van der Waals surface area (Å²) in [5.41, 5.74) is 2.27. The molecule has 1 aliphatic carbocycles. The van der Waals surface area contributed by atoms with Gasteiger partial charge in [-0.1, -0.05) is 25.0 Å². The van der Waals surface area contributed by atoms with E-state index in [2.05, 4.69) is 5.32 Å². The van der Waals surface area contributed by atoms with E-state index in [-0.39, 0.29) is 17.9 Å². The average Bonchev–Trinajstić information content (AvgIpc) is 3.24. The lowest BCUT2D eigenvalue weighted by atomic mass is 9.84. The van der Waals surface area contributed by atoms with Crippen LogP contribution >= 0.6 is 0 Å². The lowest BCUT2D eigenvalue weighted by molar-refractivity contribution is -0.120. The van der Waals surface area contributed by atoms with Gasteiger partial charge in [0.25, 0.3) is 5.91 Å². The molecular formula is C26H30N2O5. The summed E-state index contributed by atoms with van der Waals surface area (Å²) in [4.78, 5) is 40.7. The van der Waals surface area contributed by atoms with Crippen molar-refractivity contribution in [3.8, 4) is 5.75 Å². The molecule has 1 heterocycles. The zero-order chi connectivity index (χ0) is 23.5. The van der Waals surface area contributed by atoms with Crippen LogP contribution in [0.15, 0.2) is 42.5 Å². The number of amides is 2.